The Balaban J connectivity index is 2.69. The lowest BCUT2D eigenvalue weighted by Crippen LogP contribution is -2.21. The summed E-state index contributed by atoms with van der Waals surface area (Å²) in [6, 6.07) is 2.76. The molecule has 1 rings (SSSR count). The number of thiophene rings is 1. The second-order valence-corrected chi connectivity index (χ2v) is 6.38. The Labute approximate surface area is 111 Å². The molecule has 0 saturated heterocycles. The first kappa shape index (κ1) is 13.9. The Morgan fingerprint density at radius 3 is 2.88 bits per heavy atom. The predicted octanol–water partition coefficient (Wildman–Crippen LogP) is 4.83. The van der Waals surface area contributed by atoms with E-state index in [4.69, 9.17) is 0 Å². The van der Waals surface area contributed by atoms with Crippen LogP contribution in [0.25, 0.3) is 0 Å². The number of aryl methyl sites for hydroxylation is 1. The van der Waals surface area contributed by atoms with E-state index in [1.165, 1.54) is 20.6 Å². The molecule has 0 spiro atoms. The number of allylic oxidation sites excluding steroid dienone is 1. The molecular weight excluding hydrogens is 282 g/mol. The number of hydrogen-bond donors (Lipinski definition) is 1. The molecule has 1 unspecified atom stereocenters. The van der Waals surface area contributed by atoms with E-state index in [2.05, 4.69) is 47.7 Å². The van der Waals surface area contributed by atoms with Gasteiger partial charge in [-0.1, -0.05) is 13.0 Å². The van der Waals surface area contributed by atoms with E-state index in [1.807, 2.05) is 17.4 Å². The van der Waals surface area contributed by atoms with Gasteiger partial charge in [0.25, 0.3) is 0 Å². The van der Waals surface area contributed by atoms with Gasteiger partial charge in [-0.3, -0.25) is 0 Å². The Morgan fingerprint density at radius 1 is 1.62 bits per heavy atom. The van der Waals surface area contributed by atoms with Gasteiger partial charge in [-0.25, -0.2) is 0 Å². The molecule has 1 aromatic rings. The number of nitrogens with one attached hydrogen (secondary N) is 1. The first-order chi connectivity index (χ1) is 7.69. The molecule has 16 heavy (non-hydrogen) atoms. The van der Waals surface area contributed by atoms with E-state index in [-0.39, 0.29) is 0 Å². The van der Waals surface area contributed by atoms with Crippen LogP contribution in [0.4, 0.5) is 0 Å². The van der Waals surface area contributed by atoms with Crippen LogP contribution in [0.2, 0.25) is 0 Å². The van der Waals surface area contributed by atoms with Crippen molar-refractivity contribution in [3.8, 4) is 0 Å². The number of hydrogen-bond acceptors (Lipinski definition) is 2. The molecule has 3 heteroatoms. The zero-order valence-corrected chi connectivity index (χ0v) is 12.5. The van der Waals surface area contributed by atoms with Crippen LogP contribution in [0.5, 0.6) is 0 Å². The largest absolute Gasteiger partial charge is 0.309 e. The highest BCUT2D eigenvalue weighted by molar-refractivity contribution is 9.11. The lowest BCUT2D eigenvalue weighted by molar-refractivity contribution is 0.510. The van der Waals surface area contributed by atoms with Crippen molar-refractivity contribution in [1.29, 1.82) is 0 Å². The molecule has 0 saturated carbocycles. The van der Waals surface area contributed by atoms with Crippen molar-refractivity contribution in [2.45, 2.75) is 39.2 Å². The highest BCUT2D eigenvalue weighted by atomic mass is 79.9. The van der Waals surface area contributed by atoms with Gasteiger partial charge in [0, 0.05) is 10.9 Å². The minimum atomic E-state index is 0.480. The van der Waals surface area contributed by atoms with Crippen LogP contribution in [0.1, 0.15) is 42.7 Å². The molecule has 1 N–H and O–H groups in total. The second-order valence-electron chi connectivity index (χ2n) is 3.98. The molecule has 0 fully saturated rings. The van der Waals surface area contributed by atoms with Crippen molar-refractivity contribution in [3.05, 3.63) is 32.9 Å². The fourth-order valence-corrected chi connectivity index (χ4v) is 3.28. The minimum Gasteiger partial charge on any atom is -0.309 e. The summed E-state index contributed by atoms with van der Waals surface area (Å²) in [5.74, 6) is 0. The summed E-state index contributed by atoms with van der Waals surface area (Å²) in [6.45, 7) is 9.22. The molecule has 1 nitrogen and oxygen atoms in total. The molecule has 0 aliphatic carbocycles. The molecule has 0 aliphatic heterocycles. The molecule has 1 aromatic heterocycles. The van der Waals surface area contributed by atoms with E-state index in [0.29, 0.717) is 6.04 Å². The monoisotopic (exact) mass is 301 g/mol. The molecular formula is C13H20BrNS. The van der Waals surface area contributed by atoms with Crippen LogP contribution < -0.4 is 5.32 Å². The third-order valence-corrected chi connectivity index (χ3v) is 4.77. The average Bonchev–Trinajstić information content (AvgIpc) is 2.59. The zero-order chi connectivity index (χ0) is 12.0. The van der Waals surface area contributed by atoms with E-state index >= 15 is 0 Å². The quantitative estimate of drug-likeness (QED) is 0.712. The molecule has 0 aromatic carbocycles. The summed E-state index contributed by atoms with van der Waals surface area (Å²) in [5, 5.41) is 3.60. The van der Waals surface area contributed by atoms with Crippen LogP contribution in [-0.4, -0.2) is 6.54 Å². The summed E-state index contributed by atoms with van der Waals surface area (Å²) < 4.78 is 1.25. The normalized spacial score (nSPS) is 12.7. The maximum Gasteiger partial charge on any atom is 0.0731 e. The van der Waals surface area contributed by atoms with E-state index in [1.54, 1.807) is 0 Å². The third kappa shape index (κ3) is 4.04. The third-order valence-electron chi connectivity index (χ3n) is 2.52. The average molecular weight is 302 g/mol. The maximum atomic E-state index is 3.80. The van der Waals surface area contributed by atoms with Gasteiger partial charge < -0.3 is 5.32 Å². The van der Waals surface area contributed by atoms with Gasteiger partial charge in [-0.05, 0) is 60.3 Å². The van der Waals surface area contributed by atoms with Crippen LogP contribution in [0, 0.1) is 6.92 Å². The zero-order valence-electron chi connectivity index (χ0n) is 10.1. The van der Waals surface area contributed by atoms with E-state index in [0.717, 1.165) is 19.4 Å². The molecule has 0 amide bonds. The van der Waals surface area contributed by atoms with Crippen molar-refractivity contribution in [2.24, 2.45) is 0 Å². The van der Waals surface area contributed by atoms with Crippen LogP contribution >= 0.6 is 27.3 Å². The van der Waals surface area contributed by atoms with Gasteiger partial charge >= 0.3 is 0 Å². The summed E-state index contributed by atoms with van der Waals surface area (Å²) in [7, 11) is 0. The van der Waals surface area contributed by atoms with Gasteiger partial charge in [-0.15, -0.1) is 17.9 Å². The molecule has 90 valence electrons. The smallest absolute Gasteiger partial charge is 0.0731 e. The number of halogens is 1. The Bertz CT molecular complexity index is 313. The van der Waals surface area contributed by atoms with Crippen molar-refractivity contribution >= 4 is 27.3 Å². The summed E-state index contributed by atoms with van der Waals surface area (Å²) >= 11 is 5.43. The molecule has 0 bridgehead atoms. The van der Waals surface area contributed by atoms with Gasteiger partial charge in [-0.2, -0.15) is 0 Å². The summed E-state index contributed by atoms with van der Waals surface area (Å²) in [5.41, 5.74) is 1.34. The fraction of sp³-hybridized carbons (Fsp3) is 0.538. The van der Waals surface area contributed by atoms with Crippen LogP contribution in [0.15, 0.2) is 22.5 Å². The summed E-state index contributed by atoms with van der Waals surface area (Å²) in [4.78, 5) is 1.43. The van der Waals surface area contributed by atoms with Gasteiger partial charge in [0.15, 0.2) is 0 Å². The van der Waals surface area contributed by atoms with Crippen LogP contribution in [0.3, 0.4) is 0 Å². The first-order valence-electron chi connectivity index (χ1n) is 5.79. The number of rotatable bonds is 7. The van der Waals surface area contributed by atoms with Gasteiger partial charge in [0.2, 0.25) is 0 Å². The van der Waals surface area contributed by atoms with E-state index in [9.17, 15) is 0 Å². The van der Waals surface area contributed by atoms with E-state index < -0.39 is 0 Å². The minimum absolute atomic E-state index is 0.480. The molecule has 0 aliphatic rings. The highest BCUT2D eigenvalue weighted by Gasteiger charge is 2.13. The Hall–Kier alpha value is -0.120. The van der Waals surface area contributed by atoms with Crippen molar-refractivity contribution in [3.63, 3.8) is 0 Å². The molecule has 1 atom stereocenters. The highest BCUT2D eigenvalue weighted by Crippen LogP contribution is 2.33. The lowest BCUT2D eigenvalue weighted by atomic mass is 10.1. The maximum absolute atomic E-state index is 3.80. The summed E-state index contributed by atoms with van der Waals surface area (Å²) in [6.07, 6.45) is 5.37. The standard InChI is InChI=1S/C13H20BrNS/c1-4-6-7-11(15-8-5-2)12-9-10(3)13(14)16-12/h4,9,11,15H,1,5-8H2,2-3H3. The lowest BCUT2D eigenvalue weighted by Gasteiger charge is -2.16. The fourth-order valence-electron chi connectivity index (χ4n) is 1.60. The first-order valence-corrected chi connectivity index (χ1v) is 7.40. The van der Waals surface area contributed by atoms with Crippen molar-refractivity contribution in [2.75, 3.05) is 6.54 Å². The molecule has 0 radical (unpaired) electrons. The van der Waals surface area contributed by atoms with Crippen LogP contribution in [-0.2, 0) is 0 Å². The topological polar surface area (TPSA) is 12.0 Å². The SMILES string of the molecule is C=CCCC(NCCC)c1cc(C)c(Br)s1. The Kier molecular flexibility index (Phi) is 6.32. The van der Waals surface area contributed by atoms with Gasteiger partial charge in [0.05, 0.1) is 3.79 Å². The van der Waals surface area contributed by atoms with Crippen molar-refractivity contribution in [1.82, 2.24) is 5.32 Å². The van der Waals surface area contributed by atoms with Gasteiger partial charge in [0.1, 0.15) is 0 Å². The second kappa shape index (κ2) is 7.25. The molecule has 1 heterocycles. The van der Waals surface area contributed by atoms with Crippen molar-refractivity contribution < 1.29 is 0 Å². The predicted molar refractivity (Wildman–Crippen MR) is 77.2 cm³/mol. The Morgan fingerprint density at radius 2 is 2.38 bits per heavy atom.